The standard InChI is InChI=1S/C18H20FN5O3S/c1-22-15-14(16(26)24(3)18(27)23(15)2)21-17(22)28-9-8-13(25)20-10-11-6-4-5-7-12(11)19/h4-7H,8-10H2,1-3H3,(H,20,25). The summed E-state index contributed by atoms with van der Waals surface area (Å²) in [7, 11) is 4.71. The van der Waals surface area contributed by atoms with Crippen LogP contribution in [0.4, 0.5) is 4.39 Å². The van der Waals surface area contributed by atoms with Gasteiger partial charge in [0.05, 0.1) is 0 Å². The molecule has 1 aromatic carbocycles. The molecule has 2 aromatic heterocycles. The highest BCUT2D eigenvalue weighted by atomic mass is 32.2. The third-order valence-corrected chi connectivity index (χ3v) is 5.45. The predicted molar refractivity (Wildman–Crippen MR) is 105 cm³/mol. The van der Waals surface area contributed by atoms with E-state index < -0.39 is 11.2 Å². The lowest BCUT2D eigenvalue weighted by atomic mass is 10.2. The molecule has 0 saturated heterocycles. The molecule has 3 aromatic rings. The number of benzene rings is 1. The highest BCUT2D eigenvalue weighted by molar-refractivity contribution is 7.99. The number of carbonyl (C=O) groups excluding carboxylic acids is 1. The molecule has 0 aliphatic heterocycles. The van der Waals surface area contributed by atoms with Crippen LogP contribution in [-0.2, 0) is 32.5 Å². The van der Waals surface area contributed by atoms with Crippen molar-refractivity contribution in [3.63, 3.8) is 0 Å². The monoisotopic (exact) mass is 405 g/mol. The number of amides is 1. The van der Waals surface area contributed by atoms with Gasteiger partial charge in [0, 0.05) is 45.4 Å². The molecular formula is C18H20FN5O3S. The van der Waals surface area contributed by atoms with E-state index in [2.05, 4.69) is 10.3 Å². The normalized spacial score (nSPS) is 11.1. The van der Waals surface area contributed by atoms with E-state index in [1.807, 2.05) is 0 Å². The Bertz CT molecular complexity index is 1160. The van der Waals surface area contributed by atoms with Crippen LogP contribution in [0.3, 0.4) is 0 Å². The number of halogens is 1. The fourth-order valence-corrected chi connectivity index (χ4v) is 3.75. The molecule has 0 atom stereocenters. The second-order valence-corrected chi connectivity index (χ2v) is 7.36. The average Bonchev–Trinajstić information content (AvgIpc) is 3.00. The summed E-state index contributed by atoms with van der Waals surface area (Å²) in [4.78, 5) is 40.7. The number of nitrogens with zero attached hydrogens (tertiary/aromatic N) is 4. The van der Waals surface area contributed by atoms with Crippen LogP contribution in [0.5, 0.6) is 0 Å². The molecule has 1 amide bonds. The van der Waals surface area contributed by atoms with E-state index in [-0.39, 0.29) is 30.2 Å². The van der Waals surface area contributed by atoms with Crippen LogP contribution in [0.2, 0.25) is 0 Å². The smallest absolute Gasteiger partial charge is 0.332 e. The zero-order valence-electron chi connectivity index (χ0n) is 15.7. The van der Waals surface area contributed by atoms with Crippen LogP contribution in [0.1, 0.15) is 12.0 Å². The van der Waals surface area contributed by atoms with Gasteiger partial charge in [-0.1, -0.05) is 30.0 Å². The fraction of sp³-hybridized carbons (Fsp3) is 0.333. The lowest BCUT2D eigenvalue weighted by molar-refractivity contribution is -0.120. The van der Waals surface area contributed by atoms with Gasteiger partial charge in [0.1, 0.15) is 5.82 Å². The summed E-state index contributed by atoms with van der Waals surface area (Å²) in [5.74, 6) is -0.143. The highest BCUT2D eigenvalue weighted by Gasteiger charge is 2.17. The second-order valence-electron chi connectivity index (χ2n) is 6.30. The summed E-state index contributed by atoms with van der Waals surface area (Å²) in [6, 6.07) is 6.27. The van der Waals surface area contributed by atoms with E-state index in [1.54, 1.807) is 36.9 Å². The number of aromatic nitrogens is 4. The van der Waals surface area contributed by atoms with E-state index in [0.29, 0.717) is 22.1 Å². The zero-order valence-corrected chi connectivity index (χ0v) is 16.5. The molecule has 1 N–H and O–H groups in total. The van der Waals surface area contributed by atoms with Crippen molar-refractivity contribution >= 4 is 28.8 Å². The molecule has 28 heavy (non-hydrogen) atoms. The van der Waals surface area contributed by atoms with E-state index in [4.69, 9.17) is 0 Å². The fourth-order valence-electron chi connectivity index (χ4n) is 2.85. The summed E-state index contributed by atoms with van der Waals surface area (Å²) in [6.07, 6.45) is 0.208. The van der Waals surface area contributed by atoms with Gasteiger partial charge in [-0.3, -0.25) is 18.7 Å². The first kappa shape index (κ1) is 19.9. The summed E-state index contributed by atoms with van der Waals surface area (Å²) < 4.78 is 17.6. The number of hydrogen-bond donors (Lipinski definition) is 1. The Morgan fingerprint density at radius 1 is 1.14 bits per heavy atom. The first-order valence-corrected chi connectivity index (χ1v) is 9.55. The van der Waals surface area contributed by atoms with Gasteiger partial charge in [0.2, 0.25) is 5.91 Å². The molecule has 0 aliphatic carbocycles. The van der Waals surface area contributed by atoms with Crippen molar-refractivity contribution in [2.75, 3.05) is 5.75 Å². The maximum atomic E-state index is 13.6. The topological polar surface area (TPSA) is 90.9 Å². The number of hydrogen-bond acceptors (Lipinski definition) is 5. The van der Waals surface area contributed by atoms with Crippen molar-refractivity contribution in [2.24, 2.45) is 21.1 Å². The van der Waals surface area contributed by atoms with Crippen molar-refractivity contribution < 1.29 is 9.18 Å². The van der Waals surface area contributed by atoms with E-state index in [9.17, 15) is 18.8 Å². The Labute approximate surface area is 164 Å². The van der Waals surface area contributed by atoms with Crippen molar-refractivity contribution in [3.8, 4) is 0 Å². The van der Waals surface area contributed by atoms with E-state index in [0.717, 1.165) is 4.57 Å². The van der Waals surface area contributed by atoms with Crippen LogP contribution < -0.4 is 16.6 Å². The van der Waals surface area contributed by atoms with Gasteiger partial charge in [0.25, 0.3) is 5.56 Å². The van der Waals surface area contributed by atoms with Gasteiger partial charge >= 0.3 is 5.69 Å². The minimum Gasteiger partial charge on any atom is -0.352 e. The van der Waals surface area contributed by atoms with Gasteiger partial charge < -0.3 is 9.88 Å². The number of fused-ring (bicyclic) bond motifs is 1. The Balaban J connectivity index is 1.65. The first-order valence-electron chi connectivity index (χ1n) is 8.56. The second kappa shape index (κ2) is 8.01. The van der Waals surface area contributed by atoms with E-state index >= 15 is 0 Å². The summed E-state index contributed by atoms with van der Waals surface area (Å²) >= 11 is 1.31. The molecule has 0 unspecified atom stereocenters. The summed E-state index contributed by atoms with van der Waals surface area (Å²) in [5, 5.41) is 3.22. The van der Waals surface area contributed by atoms with Crippen molar-refractivity contribution in [1.29, 1.82) is 0 Å². The first-order chi connectivity index (χ1) is 13.3. The number of carbonyl (C=O) groups is 1. The Morgan fingerprint density at radius 3 is 2.57 bits per heavy atom. The van der Waals surface area contributed by atoms with Crippen LogP contribution >= 0.6 is 11.8 Å². The summed E-state index contributed by atoms with van der Waals surface area (Å²) in [5.41, 5.74) is 0.182. The molecule has 2 heterocycles. The molecule has 0 saturated carbocycles. The third-order valence-electron chi connectivity index (χ3n) is 4.42. The average molecular weight is 405 g/mol. The Morgan fingerprint density at radius 2 is 1.86 bits per heavy atom. The minimum atomic E-state index is -0.455. The van der Waals surface area contributed by atoms with Gasteiger partial charge in [0.15, 0.2) is 16.3 Å². The largest absolute Gasteiger partial charge is 0.352 e. The number of nitrogens with one attached hydrogen (secondary N) is 1. The number of aryl methyl sites for hydroxylation is 2. The molecule has 0 spiro atoms. The number of rotatable bonds is 6. The molecule has 8 nitrogen and oxygen atoms in total. The minimum absolute atomic E-state index is 0.126. The quantitative estimate of drug-likeness (QED) is 0.616. The maximum absolute atomic E-state index is 13.6. The predicted octanol–water partition coefficient (Wildman–Crippen LogP) is 0.908. The summed E-state index contributed by atoms with van der Waals surface area (Å²) in [6.45, 7) is 0.126. The van der Waals surface area contributed by atoms with Crippen LogP contribution in [-0.4, -0.2) is 30.3 Å². The molecule has 3 rings (SSSR count). The lowest BCUT2D eigenvalue weighted by Crippen LogP contribution is -2.37. The highest BCUT2D eigenvalue weighted by Crippen LogP contribution is 2.20. The van der Waals surface area contributed by atoms with Gasteiger partial charge in [-0.15, -0.1) is 0 Å². The zero-order chi connectivity index (χ0) is 20.4. The Kier molecular flexibility index (Phi) is 5.68. The van der Waals surface area contributed by atoms with Crippen molar-refractivity contribution in [2.45, 2.75) is 18.1 Å². The molecule has 148 valence electrons. The SMILES string of the molecule is Cn1c(=O)c2nc(SCCC(=O)NCc3ccccc3F)n(C)c2n(C)c1=O. The van der Waals surface area contributed by atoms with Crippen molar-refractivity contribution in [3.05, 3.63) is 56.5 Å². The van der Waals surface area contributed by atoms with Crippen LogP contribution in [0.15, 0.2) is 39.0 Å². The lowest BCUT2D eigenvalue weighted by Gasteiger charge is -2.07. The number of imidazole rings is 1. The molecular weight excluding hydrogens is 385 g/mol. The van der Waals surface area contributed by atoms with Crippen molar-refractivity contribution in [1.82, 2.24) is 24.0 Å². The maximum Gasteiger partial charge on any atom is 0.332 e. The van der Waals surface area contributed by atoms with Crippen LogP contribution in [0, 0.1) is 5.82 Å². The third kappa shape index (κ3) is 3.72. The van der Waals surface area contributed by atoms with Gasteiger partial charge in [-0.2, -0.15) is 0 Å². The Hall–Kier alpha value is -2.88. The van der Waals surface area contributed by atoms with Crippen LogP contribution in [0.25, 0.3) is 11.2 Å². The number of thioether (sulfide) groups is 1. The molecule has 0 bridgehead atoms. The molecule has 0 aliphatic rings. The van der Waals surface area contributed by atoms with Gasteiger partial charge in [-0.05, 0) is 6.07 Å². The molecule has 0 fully saturated rings. The van der Waals surface area contributed by atoms with Gasteiger partial charge in [-0.25, -0.2) is 14.2 Å². The molecule has 10 heteroatoms. The molecule has 0 radical (unpaired) electrons. The van der Waals surface area contributed by atoms with E-state index in [1.165, 1.54) is 29.4 Å².